The van der Waals surface area contributed by atoms with E-state index in [4.69, 9.17) is 9.15 Å². The van der Waals surface area contributed by atoms with Gasteiger partial charge in [-0.15, -0.1) is 0 Å². The average Bonchev–Trinajstić information content (AvgIpc) is 3.28. The van der Waals surface area contributed by atoms with Gasteiger partial charge in [-0.2, -0.15) is 4.68 Å². The van der Waals surface area contributed by atoms with Crippen LogP contribution in [-0.2, 0) is 13.2 Å². The third-order valence-corrected chi connectivity index (χ3v) is 4.37. The summed E-state index contributed by atoms with van der Waals surface area (Å²) in [7, 11) is 0. The van der Waals surface area contributed by atoms with Crippen LogP contribution in [0.25, 0.3) is 0 Å². The Labute approximate surface area is 168 Å². The number of halogens is 1. The van der Waals surface area contributed by atoms with Gasteiger partial charge in [0.15, 0.2) is 5.76 Å². The van der Waals surface area contributed by atoms with Crippen molar-refractivity contribution in [1.29, 1.82) is 0 Å². The minimum absolute atomic E-state index is 0.164. The maximum atomic E-state index is 12.2. The first kappa shape index (κ1) is 19.6. The molecule has 0 aliphatic heterocycles. The van der Waals surface area contributed by atoms with Gasteiger partial charge in [0.1, 0.15) is 18.1 Å². The minimum atomic E-state index is -0.553. The zero-order chi connectivity index (χ0) is 20.1. The highest BCUT2D eigenvalue weighted by atomic mass is 79.9. The number of rotatable bonds is 8. The minimum Gasteiger partial charge on any atom is -0.486 e. The summed E-state index contributed by atoms with van der Waals surface area (Å²) in [6.45, 7) is 2.48. The number of ether oxygens (including phenoxy) is 1. The van der Waals surface area contributed by atoms with Gasteiger partial charge in [0.2, 0.25) is 0 Å². The number of aromatic nitrogens is 2. The first-order chi connectivity index (χ1) is 13.4. The van der Waals surface area contributed by atoms with Gasteiger partial charge in [-0.3, -0.25) is 4.79 Å². The summed E-state index contributed by atoms with van der Waals surface area (Å²) in [5, 5.41) is 17.3. The van der Waals surface area contributed by atoms with E-state index >= 15 is 0 Å². The quantitative estimate of drug-likeness (QED) is 0.416. The summed E-state index contributed by atoms with van der Waals surface area (Å²) in [6, 6.07) is 12.0. The molecule has 9 nitrogen and oxygen atoms in total. The second-order valence-electron chi connectivity index (χ2n) is 5.89. The monoisotopic (exact) mass is 448 g/mol. The van der Waals surface area contributed by atoms with E-state index in [2.05, 4.69) is 26.3 Å². The molecule has 0 fully saturated rings. The molecule has 28 heavy (non-hydrogen) atoms. The van der Waals surface area contributed by atoms with Crippen molar-refractivity contribution in [2.24, 2.45) is 0 Å². The Hall–Kier alpha value is -3.14. The van der Waals surface area contributed by atoms with Crippen LogP contribution in [0.2, 0.25) is 0 Å². The number of hydrogen-bond donors (Lipinski definition) is 1. The molecule has 0 saturated carbocycles. The van der Waals surface area contributed by atoms with Gasteiger partial charge in [0.05, 0.1) is 23.4 Å². The third kappa shape index (κ3) is 4.97. The molecule has 0 unspecified atom stereocenters. The fourth-order valence-corrected chi connectivity index (χ4v) is 2.70. The molecule has 10 heteroatoms. The van der Waals surface area contributed by atoms with Gasteiger partial charge >= 0.3 is 5.82 Å². The molecule has 0 bridgehead atoms. The van der Waals surface area contributed by atoms with E-state index < -0.39 is 4.92 Å². The lowest BCUT2D eigenvalue weighted by Crippen LogP contribution is -2.27. The lowest BCUT2D eigenvalue weighted by molar-refractivity contribution is -0.389. The fraction of sp³-hybridized carbons (Fsp3) is 0.222. The maximum absolute atomic E-state index is 12.2. The molecule has 1 N–H and O–H groups in total. The summed E-state index contributed by atoms with van der Waals surface area (Å²) >= 11 is 3.35. The highest BCUT2D eigenvalue weighted by Crippen LogP contribution is 2.18. The lowest BCUT2D eigenvalue weighted by atomic mass is 10.3. The fourth-order valence-electron chi connectivity index (χ4n) is 2.43. The zero-order valence-corrected chi connectivity index (χ0v) is 16.5. The maximum Gasteiger partial charge on any atom is 0.390 e. The van der Waals surface area contributed by atoms with Crippen molar-refractivity contribution in [2.75, 3.05) is 6.54 Å². The zero-order valence-electron chi connectivity index (χ0n) is 14.9. The lowest BCUT2D eigenvalue weighted by Gasteiger charge is -2.04. The van der Waals surface area contributed by atoms with Crippen molar-refractivity contribution in [1.82, 2.24) is 15.1 Å². The number of nitrogens with zero attached hydrogens (tertiary/aromatic N) is 3. The number of carbonyl (C=O) groups is 1. The van der Waals surface area contributed by atoms with E-state index in [1.807, 2.05) is 24.3 Å². The molecule has 0 spiro atoms. The highest BCUT2D eigenvalue weighted by Gasteiger charge is 2.16. The van der Waals surface area contributed by atoms with Gasteiger partial charge in [0.25, 0.3) is 5.91 Å². The molecule has 2 aromatic heterocycles. The average molecular weight is 449 g/mol. The number of furan rings is 1. The molecular weight excluding hydrogens is 432 g/mol. The van der Waals surface area contributed by atoms with E-state index in [1.165, 1.54) is 10.7 Å². The van der Waals surface area contributed by atoms with Crippen LogP contribution < -0.4 is 10.1 Å². The first-order valence-corrected chi connectivity index (χ1v) is 9.16. The van der Waals surface area contributed by atoms with Gasteiger partial charge in [-0.1, -0.05) is 15.9 Å². The number of aryl methyl sites for hydroxylation is 1. The Morgan fingerprint density at radius 2 is 2.07 bits per heavy atom. The third-order valence-electron chi connectivity index (χ3n) is 3.84. The van der Waals surface area contributed by atoms with Crippen molar-refractivity contribution in [3.8, 4) is 5.75 Å². The SMILES string of the molecule is Cc1cc([N+](=O)[O-])nn1CCNC(=O)c1ccc(COc2ccc(Br)cc2)o1. The van der Waals surface area contributed by atoms with Crippen molar-refractivity contribution in [3.63, 3.8) is 0 Å². The Balaban J connectivity index is 1.48. The predicted octanol–water partition coefficient (Wildman–Crippen LogP) is 3.46. The Kier molecular flexibility index (Phi) is 6.09. The number of carbonyl (C=O) groups excluding carboxylic acids is 1. The van der Waals surface area contributed by atoms with Crippen LogP contribution in [0.1, 0.15) is 22.0 Å². The van der Waals surface area contributed by atoms with Crippen LogP contribution >= 0.6 is 15.9 Å². The number of hydrogen-bond acceptors (Lipinski definition) is 6. The van der Waals surface area contributed by atoms with Crippen LogP contribution in [0.4, 0.5) is 5.82 Å². The van der Waals surface area contributed by atoms with Crippen molar-refractivity contribution in [2.45, 2.75) is 20.1 Å². The number of nitro groups is 1. The Morgan fingerprint density at radius 3 is 2.75 bits per heavy atom. The standard InChI is InChI=1S/C18H17BrN4O5/c1-12-10-17(23(25)26)21-22(12)9-8-20-18(24)16-7-6-15(28-16)11-27-14-4-2-13(19)3-5-14/h2-7,10H,8-9,11H2,1H3,(H,20,24). The topological polar surface area (TPSA) is 112 Å². The second kappa shape index (κ2) is 8.70. The first-order valence-electron chi connectivity index (χ1n) is 8.36. The summed E-state index contributed by atoms with van der Waals surface area (Å²) < 4.78 is 13.5. The van der Waals surface area contributed by atoms with E-state index in [1.54, 1.807) is 19.1 Å². The van der Waals surface area contributed by atoms with Gasteiger partial charge < -0.3 is 24.6 Å². The van der Waals surface area contributed by atoms with E-state index in [-0.39, 0.29) is 30.6 Å². The number of nitrogens with one attached hydrogen (secondary N) is 1. The number of amides is 1. The number of benzene rings is 1. The molecule has 1 aromatic carbocycles. The van der Waals surface area contributed by atoms with Crippen molar-refractivity contribution in [3.05, 3.63) is 74.3 Å². The van der Waals surface area contributed by atoms with Crippen LogP contribution in [0.3, 0.4) is 0 Å². The second-order valence-corrected chi connectivity index (χ2v) is 6.80. The molecule has 0 aliphatic rings. The molecule has 3 rings (SSSR count). The largest absolute Gasteiger partial charge is 0.486 e. The van der Waals surface area contributed by atoms with Gasteiger partial charge in [-0.25, -0.2) is 0 Å². The van der Waals surface area contributed by atoms with E-state index in [0.717, 1.165) is 4.47 Å². The van der Waals surface area contributed by atoms with Crippen LogP contribution in [-0.4, -0.2) is 27.2 Å². The molecule has 2 heterocycles. The molecule has 146 valence electrons. The van der Waals surface area contributed by atoms with Gasteiger partial charge in [-0.05, 0) is 48.2 Å². The molecule has 0 atom stereocenters. The van der Waals surface area contributed by atoms with E-state index in [9.17, 15) is 14.9 Å². The summed E-state index contributed by atoms with van der Waals surface area (Å²) in [5.41, 5.74) is 0.645. The van der Waals surface area contributed by atoms with E-state index in [0.29, 0.717) is 23.7 Å². The highest BCUT2D eigenvalue weighted by molar-refractivity contribution is 9.10. The molecule has 0 aliphatic carbocycles. The molecular formula is C18H17BrN4O5. The molecule has 0 radical (unpaired) electrons. The van der Waals surface area contributed by atoms with Crippen LogP contribution in [0.15, 0.2) is 51.4 Å². The summed E-state index contributed by atoms with van der Waals surface area (Å²) in [4.78, 5) is 22.3. The van der Waals surface area contributed by atoms with Crippen molar-refractivity contribution < 1.29 is 18.9 Å². The van der Waals surface area contributed by atoms with Gasteiger partial charge in [0, 0.05) is 11.0 Å². The Morgan fingerprint density at radius 1 is 1.32 bits per heavy atom. The van der Waals surface area contributed by atoms with Crippen LogP contribution in [0.5, 0.6) is 5.75 Å². The smallest absolute Gasteiger partial charge is 0.390 e. The summed E-state index contributed by atoms with van der Waals surface area (Å²) in [6.07, 6.45) is 0. The Bertz CT molecular complexity index is 980. The van der Waals surface area contributed by atoms with Crippen LogP contribution in [0, 0.1) is 17.0 Å². The predicted molar refractivity (Wildman–Crippen MR) is 103 cm³/mol. The molecule has 1 amide bonds. The normalized spacial score (nSPS) is 10.6. The summed E-state index contributed by atoms with van der Waals surface area (Å²) in [5.74, 6) is 0.776. The molecule has 0 saturated heterocycles. The van der Waals surface area contributed by atoms with Crippen molar-refractivity contribution >= 4 is 27.7 Å². The molecule has 3 aromatic rings.